The molecule has 0 bridgehead atoms. The second-order valence-corrected chi connectivity index (χ2v) is 4.15. The van der Waals surface area contributed by atoms with Gasteiger partial charge in [0.2, 0.25) is 0 Å². The molecule has 2 atom stereocenters. The van der Waals surface area contributed by atoms with Gasteiger partial charge >= 0.3 is 21.1 Å². The summed E-state index contributed by atoms with van der Waals surface area (Å²) in [6.07, 6.45) is 8.87. The van der Waals surface area contributed by atoms with Gasteiger partial charge in [-0.25, -0.2) is 0 Å². The molecule has 2 aliphatic rings. The van der Waals surface area contributed by atoms with Crippen molar-refractivity contribution >= 4 is 0 Å². The summed E-state index contributed by atoms with van der Waals surface area (Å²) in [7, 11) is 0. The molecule has 2 rings (SSSR count). The van der Waals surface area contributed by atoms with E-state index in [-0.39, 0.29) is 27.1 Å². The van der Waals surface area contributed by atoms with Crippen LogP contribution in [-0.2, 0) is 21.1 Å². The molecule has 0 aromatic heterocycles. The van der Waals surface area contributed by atoms with Crippen LogP contribution in [0, 0.1) is 0 Å². The SMILES string of the molecule is [NH-]CC1C=CCC[N-]1.[NH-]CC1CCCC[N-]1.[Pt+2]. The van der Waals surface area contributed by atoms with Crippen LogP contribution in [-0.4, -0.2) is 38.3 Å². The van der Waals surface area contributed by atoms with Crippen molar-refractivity contribution in [3.8, 4) is 0 Å². The van der Waals surface area contributed by atoms with Gasteiger partial charge in [-0.1, -0.05) is 31.8 Å². The fourth-order valence-corrected chi connectivity index (χ4v) is 1.79. The van der Waals surface area contributed by atoms with Gasteiger partial charge in [-0.2, -0.15) is 19.1 Å². The minimum absolute atomic E-state index is 0. The van der Waals surface area contributed by atoms with Crippen molar-refractivity contribution in [2.24, 2.45) is 0 Å². The van der Waals surface area contributed by atoms with Crippen LogP contribution in [0.15, 0.2) is 12.2 Å². The molecule has 17 heavy (non-hydrogen) atoms. The molecule has 4 nitrogen and oxygen atoms in total. The third-order valence-corrected chi connectivity index (χ3v) is 2.80. The molecule has 0 saturated carbocycles. The summed E-state index contributed by atoms with van der Waals surface area (Å²) < 4.78 is 0. The van der Waals surface area contributed by atoms with Crippen molar-refractivity contribution in [2.45, 2.75) is 37.8 Å². The van der Waals surface area contributed by atoms with E-state index in [9.17, 15) is 0 Å². The van der Waals surface area contributed by atoms with Crippen LogP contribution in [0.4, 0.5) is 0 Å². The average Bonchev–Trinajstić information content (AvgIpc) is 2.41. The van der Waals surface area contributed by atoms with E-state index in [0.717, 1.165) is 25.9 Å². The largest absolute Gasteiger partial charge is 2.00 e. The second kappa shape index (κ2) is 11.4. The maximum absolute atomic E-state index is 7.00. The van der Waals surface area contributed by atoms with Gasteiger partial charge in [0, 0.05) is 0 Å². The first-order valence-corrected chi connectivity index (χ1v) is 6.16. The molecule has 102 valence electrons. The van der Waals surface area contributed by atoms with Gasteiger partial charge in [-0.3, -0.25) is 0 Å². The van der Waals surface area contributed by atoms with Gasteiger partial charge in [-0.15, -0.1) is 25.2 Å². The molecular weight excluding hydrogens is 395 g/mol. The predicted octanol–water partition coefficient (Wildman–Crippen LogP) is 3.70. The maximum atomic E-state index is 7.00. The summed E-state index contributed by atoms with van der Waals surface area (Å²) in [6, 6.07) is 0.576. The smallest absolute Gasteiger partial charge is 0.679 e. The molecule has 0 spiro atoms. The van der Waals surface area contributed by atoms with Crippen molar-refractivity contribution in [3.05, 3.63) is 34.3 Å². The minimum Gasteiger partial charge on any atom is -0.679 e. The van der Waals surface area contributed by atoms with Gasteiger partial charge in [-0.05, 0) is 0 Å². The molecule has 2 heterocycles. The fourth-order valence-electron chi connectivity index (χ4n) is 1.79. The predicted molar refractivity (Wildman–Crippen MR) is 70.0 cm³/mol. The van der Waals surface area contributed by atoms with Crippen LogP contribution in [0.2, 0.25) is 0 Å². The third kappa shape index (κ3) is 8.06. The fraction of sp³-hybridized carbons (Fsp3) is 0.833. The van der Waals surface area contributed by atoms with E-state index in [0.29, 0.717) is 19.1 Å². The average molecular weight is 417 g/mol. The first kappa shape index (κ1) is 17.3. The van der Waals surface area contributed by atoms with Crippen molar-refractivity contribution in [2.75, 3.05) is 26.2 Å². The molecule has 0 radical (unpaired) electrons. The first-order chi connectivity index (χ1) is 7.86. The van der Waals surface area contributed by atoms with Crippen LogP contribution < -0.4 is 0 Å². The van der Waals surface area contributed by atoms with E-state index in [4.69, 9.17) is 11.5 Å². The molecule has 0 aromatic carbocycles. The van der Waals surface area contributed by atoms with Gasteiger partial charge in [0.1, 0.15) is 0 Å². The zero-order valence-electron chi connectivity index (χ0n) is 10.2. The number of rotatable bonds is 2. The molecule has 2 aliphatic heterocycles. The van der Waals surface area contributed by atoms with Crippen LogP contribution in [0.25, 0.3) is 22.1 Å². The van der Waals surface area contributed by atoms with Crippen LogP contribution >= 0.6 is 0 Å². The van der Waals surface area contributed by atoms with Crippen LogP contribution in [0.3, 0.4) is 0 Å². The minimum atomic E-state index is 0. The Hall–Kier alpha value is 0.268. The van der Waals surface area contributed by atoms with E-state index in [2.05, 4.69) is 16.7 Å². The van der Waals surface area contributed by atoms with E-state index < -0.39 is 0 Å². The zero-order chi connectivity index (χ0) is 11.6. The van der Waals surface area contributed by atoms with Crippen molar-refractivity contribution in [1.29, 1.82) is 0 Å². The number of nitrogens with zero attached hydrogens (tertiary/aromatic N) is 2. The molecule has 0 aromatic rings. The van der Waals surface area contributed by atoms with E-state index in [1.807, 2.05) is 6.08 Å². The first-order valence-electron chi connectivity index (χ1n) is 6.16. The summed E-state index contributed by atoms with van der Waals surface area (Å²) in [4.78, 5) is 0. The van der Waals surface area contributed by atoms with Crippen molar-refractivity contribution in [3.63, 3.8) is 0 Å². The molecule has 5 heteroatoms. The molecule has 1 saturated heterocycles. The Morgan fingerprint density at radius 3 is 2.24 bits per heavy atom. The summed E-state index contributed by atoms with van der Waals surface area (Å²) >= 11 is 0. The van der Waals surface area contributed by atoms with Crippen molar-refractivity contribution in [1.82, 2.24) is 0 Å². The summed E-state index contributed by atoms with van der Waals surface area (Å²) in [5.41, 5.74) is 14.0. The van der Waals surface area contributed by atoms with E-state index >= 15 is 0 Å². The molecule has 2 N–H and O–H groups in total. The number of nitrogens with one attached hydrogen (secondary N) is 2. The summed E-state index contributed by atoms with van der Waals surface area (Å²) in [5.74, 6) is 0. The van der Waals surface area contributed by atoms with Crippen molar-refractivity contribution < 1.29 is 21.1 Å². The Balaban J connectivity index is 0.000000284. The molecule has 2 unspecified atom stereocenters. The standard InChI is InChI=1S/C6H12N2.C6H10N2.Pt/c2*7-5-6-3-1-2-4-8-6;/h6-7H,1-5H2;1,3,6-7H,2,4-5H2;/q2*-2;+2. The molecule has 0 aliphatic carbocycles. The number of hydrogen-bond acceptors (Lipinski definition) is 0. The van der Waals surface area contributed by atoms with Gasteiger partial charge in [0.05, 0.1) is 0 Å². The third-order valence-electron chi connectivity index (χ3n) is 2.80. The topological polar surface area (TPSA) is 75.8 Å². The Morgan fingerprint density at radius 2 is 1.88 bits per heavy atom. The normalized spacial score (nSPS) is 27.6. The number of piperidine rings is 1. The Kier molecular flexibility index (Phi) is 11.5. The zero-order valence-corrected chi connectivity index (χ0v) is 12.4. The van der Waals surface area contributed by atoms with Gasteiger partial charge < -0.3 is 22.1 Å². The molecular formula is C12H22N4Pt-2. The van der Waals surface area contributed by atoms with E-state index in [1.165, 1.54) is 12.8 Å². The molecule has 1 fully saturated rings. The number of hydrogen-bond donors (Lipinski definition) is 0. The summed E-state index contributed by atoms with van der Waals surface area (Å²) in [5, 5.41) is 8.43. The van der Waals surface area contributed by atoms with Crippen LogP contribution in [0.1, 0.15) is 25.7 Å². The molecule has 0 amide bonds. The quantitative estimate of drug-likeness (QED) is 0.615. The van der Waals surface area contributed by atoms with E-state index in [1.54, 1.807) is 0 Å². The Bertz CT molecular complexity index is 193. The Labute approximate surface area is 119 Å². The van der Waals surface area contributed by atoms with Crippen LogP contribution in [0.5, 0.6) is 0 Å². The van der Waals surface area contributed by atoms with Gasteiger partial charge in [0.25, 0.3) is 0 Å². The summed E-state index contributed by atoms with van der Waals surface area (Å²) in [6.45, 7) is 2.83. The maximum Gasteiger partial charge on any atom is 2.00 e. The Morgan fingerprint density at radius 1 is 1.06 bits per heavy atom. The van der Waals surface area contributed by atoms with Gasteiger partial charge in [0.15, 0.2) is 0 Å². The monoisotopic (exact) mass is 417 g/mol. The second-order valence-electron chi connectivity index (χ2n) is 4.15.